The van der Waals surface area contributed by atoms with E-state index in [1.165, 1.54) is 33.3 Å². The monoisotopic (exact) mass is 358 g/mol. The maximum atomic E-state index is 5.86. The average Bonchev–Trinajstić information content (AvgIpc) is 2.80. The molecule has 0 saturated carbocycles. The second-order valence-electron chi connectivity index (χ2n) is 4.17. The van der Waals surface area contributed by atoms with Crippen molar-refractivity contribution in [3.05, 3.63) is 59.0 Å². The number of furan rings is 1. The fourth-order valence-electron chi connectivity index (χ4n) is 1.85. The van der Waals surface area contributed by atoms with Crippen LogP contribution in [0.1, 0.15) is 22.6 Å². The van der Waals surface area contributed by atoms with Crippen LogP contribution in [-0.2, 0) is 21.3 Å². The van der Waals surface area contributed by atoms with Crippen LogP contribution >= 0.6 is 0 Å². The molecule has 0 fully saturated rings. The Morgan fingerprint density at radius 2 is 1.12 bits per heavy atom. The van der Waals surface area contributed by atoms with Crippen LogP contribution in [0.15, 0.2) is 40.8 Å². The van der Waals surface area contributed by atoms with Crippen molar-refractivity contribution in [3.8, 4) is 0 Å². The third kappa shape index (κ3) is 3.05. The van der Waals surface area contributed by atoms with E-state index in [1.807, 2.05) is 0 Å². The molecule has 0 atom stereocenters. The molecule has 17 heavy (non-hydrogen) atoms. The van der Waals surface area contributed by atoms with Crippen LogP contribution in [0, 0.1) is 0 Å². The van der Waals surface area contributed by atoms with Gasteiger partial charge in [0, 0.05) is 0 Å². The Labute approximate surface area is 114 Å². The van der Waals surface area contributed by atoms with Crippen molar-refractivity contribution in [2.45, 2.75) is 21.3 Å². The summed E-state index contributed by atoms with van der Waals surface area (Å²) in [7, 11) is 0. The molecule has 88 valence electrons. The van der Waals surface area contributed by atoms with Crippen LogP contribution in [0.5, 0.6) is 0 Å². The average molecular weight is 356 g/mol. The zero-order chi connectivity index (χ0) is 11.5. The van der Waals surface area contributed by atoms with Crippen molar-refractivity contribution in [2.24, 2.45) is 0 Å². The van der Waals surface area contributed by atoms with Crippen LogP contribution in [0.4, 0.5) is 0 Å². The van der Waals surface area contributed by atoms with E-state index in [0.717, 1.165) is 10.6 Å². The summed E-state index contributed by atoms with van der Waals surface area (Å²) in [5.41, 5.74) is 2.96. The summed E-state index contributed by atoms with van der Waals surface area (Å²) in [5.74, 6) is 2.37. The maximum absolute atomic E-state index is 5.86. The predicted molar refractivity (Wildman–Crippen MR) is 71.5 cm³/mol. The minimum absolute atomic E-state index is 0.621. The molecule has 0 saturated heterocycles. The Bertz CT molecular complexity index is 444. The first-order valence-corrected chi connectivity index (χ1v) is 10.6. The zero-order valence-electron chi connectivity index (χ0n) is 9.52. The molecule has 3 heterocycles. The molecule has 4 bridgehead atoms. The zero-order valence-corrected chi connectivity index (χ0v) is 12.9. The Kier molecular flexibility index (Phi) is 3.73. The minimum atomic E-state index is 0.621. The van der Waals surface area contributed by atoms with E-state index in [9.17, 15) is 0 Å². The van der Waals surface area contributed by atoms with Gasteiger partial charge in [0.1, 0.15) is 0 Å². The van der Waals surface area contributed by atoms with Crippen molar-refractivity contribution in [3.63, 3.8) is 0 Å². The molecule has 0 unspecified atom stereocenters. The molecule has 0 amide bonds. The molecule has 0 spiro atoms. The number of hydrogen-bond acceptors (Lipinski definition) is 1. The fourth-order valence-corrected chi connectivity index (χ4v) is 5.57. The number of fused-ring (bicyclic) bond motifs is 6. The molecule has 3 heteroatoms. The van der Waals surface area contributed by atoms with E-state index in [2.05, 4.69) is 36.4 Å². The van der Waals surface area contributed by atoms with Crippen molar-refractivity contribution in [1.82, 2.24) is 0 Å². The van der Waals surface area contributed by atoms with Gasteiger partial charge in [0.05, 0.1) is 0 Å². The third-order valence-electron chi connectivity index (χ3n) is 2.77. The summed E-state index contributed by atoms with van der Waals surface area (Å²) in [4.78, 5) is 0. The van der Waals surface area contributed by atoms with Gasteiger partial charge in [-0.2, -0.15) is 0 Å². The molecule has 0 N–H and O–H groups in total. The molecular weight excluding hydrogens is 342 g/mol. The summed E-state index contributed by atoms with van der Waals surface area (Å²) in [6.45, 7) is 0. The standard InChI is InChI=1S/C14H14OSe2/c1-2-12-4-3-11(1)7-16-9-13-5-6-14(15-13)10-17-8-12/h1-6H,7-10H2. The first-order chi connectivity index (χ1) is 8.40. The summed E-state index contributed by atoms with van der Waals surface area (Å²) in [5, 5.41) is 4.69. The molecule has 2 aromatic rings. The summed E-state index contributed by atoms with van der Waals surface area (Å²) >= 11 is 1.24. The number of benzene rings is 1. The quantitative estimate of drug-likeness (QED) is 0.661. The summed E-state index contributed by atoms with van der Waals surface area (Å²) in [6.07, 6.45) is 0. The van der Waals surface area contributed by atoms with Crippen LogP contribution in [0.2, 0.25) is 0 Å². The van der Waals surface area contributed by atoms with Crippen molar-refractivity contribution in [1.29, 1.82) is 0 Å². The van der Waals surface area contributed by atoms with Gasteiger partial charge in [-0.05, 0) is 0 Å². The van der Waals surface area contributed by atoms with Gasteiger partial charge < -0.3 is 0 Å². The SMILES string of the molecule is c1cc2ccc1C[Se]Cc1ccc(o1)C[Se]C2. The molecule has 4 rings (SSSR count). The summed E-state index contributed by atoms with van der Waals surface area (Å²) in [6, 6.07) is 13.5. The van der Waals surface area contributed by atoms with Gasteiger partial charge in [-0.25, -0.2) is 0 Å². The van der Waals surface area contributed by atoms with Gasteiger partial charge in [0.15, 0.2) is 0 Å². The molecule has 2 aliphatic heterocycles. The Morgan fingerprint density at radius 1 is 0.647 bits per heavy atom. The fraction of sp³-hybridized carbons (Fsp3) is 0.286. The first kappa shape index (κ1) is 11.6. The second-order valence-corrected chi connectivity index (χ2v) is 8.31. The van der Waals surface area contributed by atoms with Crippen LogP contribution in [0.3, 0.4) is 0 Å². The van der Waals surface area contributed by atoms with Gasteiger partial charge in [0.2, 0.25) is 0 Å². The predicted octanol–water partition coefficient (Wildman–Crippen LogP) is 2.40. The Balaban J connectivity index is 1.81. The van der Waals surface area contributed by atoms with Gasteiger partial charge >= 0.3 is 115 Å². The van der Waals surface area contributed by atoms with Crippen molar-refractivity contribution >= 4 is 29.9 Å². The Hall–Kier alpha value is -0.461. The van der Waals surface area contributed by atoms with E-state index in [4.69, 9.17) is 4.42 Å². The topological polar surface area (TPSA) is 13.1 Å². The van der Waals surface area contributed by atoms with Crippen LogP contribution in [0.25, 0.3) is 0 Å². The first-order valence-electron chi connectivity index (χ1n) is 5.71. The van der Waals surface area contributed by atoms with Crippen LogP contribution < -0.4 is 0 Å². The van der Waals surface area contributed by atoms with E-state index in [-0.39, 0.29) is 0 Å². The molecule has 0 radical (unpaired) electrons. The van der Waals surface area contributed by atoms with Gasteiger partial charge in [-0.1, -0.05) is 0 Å². The van der Waals surface area contributed by atoms with Gasteiger partial charge in [-0.3, -0.25) is 0 Å². The van der Waals surface area contributed by atoms with Gasteiger partial charge in [0.25, 0.3) is 0 Å². The van der Waals surface area contributed by atoms with E-state index >= 15 is 0 Å². The Morgan fingerprint density at radius 3 is 1.59 bits per heavy atom. The molecule has 2 aliphatic rings. The van der Waals surface area contributed by atoms with E-state index < -0.39 is 0 Å². The normalized spacial score (nSPS) is 16.0. The van der Waals surface area contributed by atoms with Crippen LogP contribution in [-0.4, -0.2) is 29.9 Å². The molecule has 1 aromatic carbocycles. The molecular formula is C14H14OSe2. The molecule has 1 aromatic heterocycles. The van der Waals surface area contributed by atoms with Crippen molar-refractivity contribution in [2.75, 3.05) is 0 Å². The third-order valence-corrected chi connectivity index (χ3v) is 7.07. The van der Waals surface area contributed by atoms with Gasteiger partial charge in [-0.15, -0.1) is 0 Å². The molecule has 1 nitrogen and oxygen atoms in total. The summed E-state index contributed by atoms with van der Waals surface area (Å²) < 4.78 is 5.86. The van der Waals surface area contributed by atoms with Crippen molar-refractivity contribution < 1.29 is 4.42 Å². The number of rotatable bonds is 0. The second kappa shape index (κ2) is 5.45. The molecule has 0 aliphatic carbocycles. The number of hydrogen-bond donors (Lipinski definition) is 0. The van der Waals surface area contributed by atoms with E-state index in [0.29, 0.717) is 29.9 Å². The van der Waals surface area contributed by atoms with E-state index in [1.54, 1.807) is 0 Å².